The number of rotatable bonds is 5. The predicted molar refractivity (Wildman–Crippen MR) is 85.1 cm³/mol. The van der Waals surface area contributed by atoms with Crippen molar-refractivity contribution in [3.63, 3.8) is 0 Å². The Balaban J connectivity index is 1.82. The zero-order valence-corrected chi connectivity index (χ0v) is 12.5. The van der Waals surface area contributed by atoms with Crippen LogP contribution in [0.3, 0.4) is 0 Å². The third-order valence-electron chi connectivity index (χ3n) is 3.09. The molecular formula is C13H16N4O4S. The van der Waals surface area contributed by atoms with Crippen molar-refractivity contribution in [1.82, 2.24) is 10.7 Å². The van der Waals surface area contributed by atoms with Crippen LogP contribution < -0.4 is 10.7 Å². The highest BCUT2D eigenvalue weighted by Crippen LogP contribution is 2.25. The highest BCUT2D eigenvalue weighted by Gasteiger charge is 2.15. The number of hydrogen-bond donors (Lipinski definition) is 3. The maximum Gasteiger partial charge on any atom is 0.311 e. The Kier molecular flexibility index (Phi) is 5.61. The van der Waals surface area contributed by atoms with Crippen molar-refractivity contribution in [2.24, 2.45) is 5.10 Å². The summed E-state index contributed by atoms with van der Waals surface area (Å²) in [6.07, 6.45) is 3.62. The predicted octanol–water partition coefficient (Wildman–Crippen LogP) is 1.28. The van der Waals surface area contributed by atoms with E-state index in [1.54, 1.807) is 0 Å². The highest BCUT2D eigenvalue weighted by atomic mass is 32.1. The van der Waals surface area contributed by atoms with Gasteiger partial charge >= 0.3 is 5.69 Å². The summed E-state index contributed by atoms with van der Waals surface area (Å²) in [4.78, 5) is 10.1. The van der Waals surface area contributed by atoms with Crippen LogP contribution in [0.4, 0.5) is 5.69 Å². The first-order valence-electron chi connectivity index (χ1n) is 6.72. The molecule has 0 spiro atoms. The van der Waals surface area contributed by atoms with Crippen LogP contribution in [-0.4, -0.2) is 40.6 Å². The maximum absolute atomic E-state index is 10.7. The molecule has 0 aliphatic carbocycles. The summed E-state index contributed by atoms with van der Waals surface area (Å²) >= 11 is 5.05. The standard InChI is InChI=1S/C13H16N4O4S/c18-12-4-3-9(6-11(12)17(19)20)7-15-16-13(22)14-8-10-2-1-5-21-10/h3-4,6-7,10,18H,1-2,5,8H2,(H2,14,16,22)/b15-7+/t10-/m0/s1. The van der Waals surface area contributed by atoms with E-state index >= 15 is 0 Å². The van der Waals surface area contributed by atoms with Gasteiger partial charge in [-0.05, 0) is 37.2 Å². The van der Waals surface area contributed by atoms with Gasteiger partial charge in [0.1, 0.15) is 0 Å². The number of hydrazone groups is 1. The topological polar surface area (TPSA) is 109 Å². The van der Waals surface area contributed by atoms with Crippen LogP contribution in [0.5, 0.6) is 5.75 Å². The molecule has 1 atom stereocenters. The molecule has 9 heteroatoms. The van der Waals surface area contributed by atoms with Gasteiger partial charge in [0.2, 0.25) is 0 Å². The Hall–Kier alpha value is -2.26. The largest absolute Gasteiger partial charge is 0.502 e. The Morgan fingerprint density at radius 1 is 1.64 bits per heavy atom. The lowest BCUT2D eigenvalue weighted by Crippen LogP contribution is -2.37. The van der Waals surface area contributed by atoms with Gasteiger partial charge in [-0.15, -0.1) is 0 Å². The van der Waals surface area contributed by atoms with Crippen molar-refractivity contribution < 1.29 is 14.8 Å². The van der Waals surface area contributed by atoms with Crippen LogP contribution in [0.15, 0.2) is 23.3 Å². The first-order chi connectivity index (χ1) is 10.6. The van der Waals surface area contributed by atoms with Gasteiger partial charge in [0.05, 0.1) is 17.2 Å². The molecule has 0 radical (unpaired) electrons. The maximum atomic E-state index is 10.7. The number of thiocarbonyl (C=S) groups is 1. The summed E-state index contributed by atoms with van der Waals surface area (Å²) < 4.78 is 5.45. The summed E-state index contributed by atoms with van der Waals surface area (Å²) in [6, 6.07) is 3.98. The summed E-state index contributed by atoms with van der Waals surface area (Å²) in [5.74, 6) is -0.385. The molecule has 0 saturated carbocycles. The van der Waals surface area contributed by atoms with E-state index in [9.17, 15) is 15.2 Å². The van der Waals surface area contributed by atoms with E-state index in [0.29, 0.717) is 17.2 Å². The molecular weight excluding hydrogens is 308 g/mol. The highest BCUT2D eigenvalue weighted by molar-refractivity contribution is 7.80. The molecule has 118 valence electrons. The molecule has 1 aromatic carbocycles. The normalized spacial score (nSPS) is 17.5. The first-order valence-corrected chi connectivity index (χ1v) is 7.13. The number of phenols is 1. The molecule has 0 aromatic heterocycles. The number of benzene rings is 1. The van der Waals surface area contributed by atoms with Gasteiger partial charge in [-0.2, -0.15) is 5.10 Å². The minimum Gasteiger partial charge on any atom is -0.502 e. The summed E-state index contributed by atoms with van der Waals surface area (Å²) in [5.41, 5.74) is 2.72. The second kappa shape index (κ2) is 7.66. The molecule has 1 aliphatic heterocycles. The smallest absolute Gasteiger partial charge is 0.311 e. The van der Waals surface area contributed by atoms with E-state index in [-0.39, 0.29) is 17.5 Å². The Bertz CT molecular complexity index is 587. The number of hydrogen-bond acceptors (Lipinski definition) is 6. The minimum absolute atomic E-state index is 0.170. The molecule has 2 rings (SSSR count). The van der Waals surface area contributed by atoms with E-state index in [4.69, 9.17) is 17.0 Å². The Morgan fingerprint density at radius 2 is 2.45 bits per heavy atom. The van der Waals surface area contributed by atoms with Crippen LogP contribution in [-0.2, 0) is 4.74 Å². The second-order valence-corrected chi connectivity index (χ2v) is 5.13. The van der Waals surface area contributed by atoms with Crippen LogP contribution in [0, 0.1) is 10.1 Å². The fourth-order valence-corrected chi connectivity index (χ4v) is 2.12. The summed E-state index contributed by atoms with van der Waals surface area (Å²) in [6.45, 7) is 1.40. The zero-order valence-electron chi connectivity index (χ0n) is 11.7. The zero-order chi connectivity index (χ0) is 15.9. The third-order valence-corrected chi connectivity index (χ3v) is 3.33. The lowest BCUT2D eigenvalue weighted by Gasteiger charge is -2.11. The average Bonchev–Trinajstić information content (AvgIpc) is 3.00. The molecule has 0 unspecified atom stereocenters. The van der Waals surface area contributed by atoms with Crippen molar-refractivity contribution in [2.75, 3.05) is 13.2 Å². The molecule has 0 amide bonds. The molecule has 22 heavy (non-hydrogen) atoms. The van der Waals surface area contributed by atoms with Gasteiger partial charge in [-0.1, -0.05) is 0 Å². The Morgan fingerprint density at radius 3 is 3.14 bits per heavy atom. The lowest BCUT2D eigenvalue weighted by molar-refractivity contribution is -0.385. The van der Waals surface area contributed by atoms with Gasteiger partial charge in [0, 0.05) is 24.8 Å². The first kappa shape index (κ1) is 16.1. The molecule has 1 aromatic rings. The number of nitro groups is 1. The fraction of sp³-hybridized carbons (Fsp3) is 0.385. The molecule has 0 bridgehead atoms. The van der Waals surface area contributed by atoms with Crippen molar-refractivity contribution in [3.05, 3.63) is 33.9 Å². The number of nitro benzene ring substituents is 1. The van der Waals surface area contributed by atoms with Crippen LogP contribution in [0.2, 0.25) is 0 Å². The van der Waals surface area contributed by atoms with E-state index < -0.39 is 4.92 Å². The van der Waals surface area contributed by atoms with Gasteiger partial charge in [-0.25, -0.2) is 0 Å². The van der Waals surface area contributed by atoms with Gasteiger partial charge in [-0.3, -0.25) is 15.5 Å². The molecule has 8 nitrogen and oxygen atoms in total. The summed E-state index contributed by atoms with van der Waals surface area (Å²) in [5, 5.41) is 27.3. The fourth-order valence-electron chi connectivity index (χ4n) is 1.98. The van der Waals surface area contributed by atoms with Gasteiger partial charge in [0.15, 0.2) is 10.9 Å². The van der Waals surface area contributed by atoms with Crippen LogP contribution in [0.1, 0.15) is 18.4 Å². The third kappa shape index (κ3) is 4.64. The van der Waals surface area contributed by atoms with Gasteiger partial charge in [0.25, 0.3) is 0 Å². The molecule has 3 N–H and O–H groups in total. The number of phenolic OH excluding ortho intramolecular Hbond substituents is 1. The quantitative estimate of drug-likeness (QED) is 0.324. The van der Waals surface area contributed by atoms with E-state index in [1.165, 1.54) is 24.4 Å². The van der Waals surface area contributed by atoms with Crippen molar-refractivity contribution in [2.45, 2.75) is 18.9 Å². The van der Waals surface area contributed by atoms with Crippen molar-refractivity contribution in [3.8, 4) is 5.75 Å². The monoisotopic (exact) mass is 324 g/mol. The molecule has 1 heterocycles. The second-order valence-electron chi connectivity index (χ2n) is 4.72. The van der Waals surface area contributed by atoms with Crippen LogP contribution in [0.25, 0.3) is 0 Å². The van der Waals surface area contributed by atoms with Crippen LogP contribution >= 0.6 is 12.2 Å². The van der Waals surface area contributed by atoms with Crippen molar-refractivity contribution >= 4 is 29.2 Å². The van der Waals surface area contributed by atoms with E-state index in [2.05, 4.69) is 15.8 Å². The molecule has 1 aliphatic rings. The lowest BCUT2D eigenvalue weighted by atomic mass is 10.2. The van der Waals surface area contributed by atoms with E-state index in [0.717, 1.165) is 19.4 Å². The van der Waals surface area contributed by atoms with E-state index in [1.807, 2.05) is 0 Å². The SMILES string of the molecule is O=[N+]([O-])c1cc(/C=N/NC(=S)NC[C@@H]2CCCO2)ccc1O. The number of nitrogens with zero attached hydrogens (tertiary/aromatic N) is 2. The molecule has 1 fully saturated rings. The molecule has 1 saturated heterocycles. The number of aromatic hydroxyl groups is 1. The average molecular weight is 324 g/mol. The van der Waals surface area contributed by atoms with Crippen molar-refractivity contribution in [1.29, 1.82) is 0 Å². The minimum atomic E-state index is -0.659. The van der Waals surface area contributed by atoms with Gasteiger partial charge < -0.3 is 15.2 Å². The summed E-state index contributed by atoms with van der Waals surface area (Å²) in [7, 11) is 0. The Labute approximate surface area is 132 Å². The number of ether oxygens (including phenoxy) is 1. The number of nitrogens with one attached hydrogen (secondary N) is 2.